The van der Waals surface area contributed by atoms with Crippen LogP contribution in [0.15, 0.2) is 10.6 Å². The number of carbonyl (C=O) groups excluding carboxylic acids is 1. The van der Waals surface area contributed by atoms with Crippen molar-refractivity contribution in [1.82, 2.24) is 10.5 Å². The van der Waals surface area contributed by atoms with Gasteiger partial charge in [0.2, 0.25) is 5.91 Å². The van der Waals surface area contributed by atoms with Crippen molar-refractivity contribution in [2.75, 3.05) is 11.9 Å². The fourth-order valence-corrected chi connectivity index (χ4v) is 2.71. The minimum atomic E-state index is -0.283. The van der Waals surface area contributed by atoms with Crippen LogP contribution in [0.4, 0.5) is 5.82 Å². The van der Waals surface area contributed by atoms with Gasteiger partial charge in [0, 0.05) is 12.1 Å². The third-order valence-electron chi connectivity index (χ3n) is 3.48. The van der Waals surface area contributed by atoms with Crippen LogP contribution >= 0.6 is 0 Å². The number of rotatable bonds is 4. The van der Waals surface area contributed by atoms with E-state index in [0.29, 0.717) is 11.6 Å². The summed E-state index contributed by atoms with van der Waals surface area (Å²) in [5.41, 5.74) is -0.449. The Hall–Kier alpha value is -1.40. The molecule has 1 fully saturated rings. The van der Waals surface area contributed by atoms with Gasteiger partial charge in [0.25, 0.3) is 0 Å². The van der Waals surface area contributed by atoms with Gasteiger partial charge in [-0.25, -0.2) is 0 Å². The van der Waals surface area contributed by atoms with Crippen molar-refractivity contribution in [3.63, 3.8) is 0 Å². The minimum Gasteiger partial charge on any atom is -0.368 e. The Kier molecular flexibility index (Phi) is 3.88. The number of ether oxygens (including phenoxy) is 1. The Morgan fingerprint density at radius 3 is 2.65 bits per heavy atom. The number of hydrogen-bond donors (Lipinski definition) is 2. The highest BCUT2D eigenvalue weighted by Crippen LogP contribution is 2.37. The van der Waals surface area contributed by atoms with Crippen LogP contribution in [0, 0.1) is 6.92 Å². The summed E-state index contributed by atoms with van der Waals surface area (Å²) in [7, 11) is 0. The molecule has 2 rings (SSSR count). The number of nitrogens with zero attached hydrogens (tertiary/aromatic N) is 1. The van der Waals surface area contributed by atoms with E-state index in [2.05, 4.69) is 29.6 Å². The molecule has 1 aromatic rings. The van der Waals surface area contributed by atoms with Gasteiger partial charge in [-0.3, -0.25) is 4.79 Å². The number of hydrogen-bond acceptors (Lipinski definition) is 5. The fraction of sp³-hybridized carbons (Fsp3) is 0.714. The standard InChI is InChI=1S/C14H23N3O3/c1-9-6-11(17-19-9)16-12(18)8-15-10-7-13(2,3)20-14(10,4)5/h6,10,15H,7-8H2,1-5H3,(H,16,17,18)/t10-/m1/s1. The summed E-state index contributed by atoms with van der Waals surface area (Å²) in [6.45, 7) is 10.2. The third kappa shape index (κ3) is 3.58. The molecule has 6 nitrogen and oxygen atoms in total. The van der Waals surface area contributed by atoms with Gasteiger partial charge < -0.3 is 19.9 Å². The predicted octanol–water partition coefficient (Wildman–Crippen LogP) is 1.86. The molecule has 1 aliphatic heterocycles. The third-order valence-corrected chi connectivity index (χ3v) is 3.48. The van der Waals surface area contributed by atoms with Gasteiger partial charge in [-0.15, -0.1) is 0 Å². The molecule has 6 heteroatoms. The van der Waals surface area contributed by atoms with Crippen molar-refractivity contribution in [2.45, 2.75) is 58.3 Å². The molecule has 0 spiro atoms. The predicted molar refractivity (Wildman–Crippen MR) is 75.5 cm³/mol. The molecule has 1 amide bonds. The molecular formula is C14H23N3O3. The zero-order valence-electron chi connectivity index (χ0n) is 12.7. The highest BCUT2D eigenvalue weighted by molar-refractivity contribution is 5.91. The average molecular weight is 281 g/mol. The average Bonchev–Trinajstić information content (AvgIpc) is 2.76. The molecule has 1 aromatic heterocycles. The maximum atomic E-state index is 11.9. The van der Waals surface area contributed by atoms with E-state index in [1.165, 1.54) is 0 Å². The van der Waals surface area contributed by atoms with Crippen LogP contribution < -0.4 is 10.6 Å². The van der Waals surface area contributed by atoms with E-state index in [1.54, 1.807) is 13.0 Å². The summed E-state index contributed by atoms with van der Waals surface area (Å²) in [5.74, 6) is 0.968. The molecule has 1 saturated heterocycles. The number of aryl methyl sites for hydroxylation is 1. The Balaban J connectivity index is 1.84. The molecule has 20 heavy (non-hydrogen) atoms. The quantitative estimate of drug-likeness (QED) is 0.881. The monoisotopic (exact) mass is 281 g/mol. The number of nitrogens with one attached hydrogen (secondary N) is 2. The van der Waals surface area contributed by atoms with Crippen molar-refractivity contribution in [3.8, 4) is 0 Å². The van der Waals surface area contributed by atoms with Gasteiger partial charge in [-0.1, -0.05) is 5.16 Å². The molecule has 0 radical (unpaired) electrons. The van der Waals surface area contributed by atoms with Crippen molar-refractivity contribution in [2.24, 2.45) is 0 Å². The first kappa shape index (κ1) is 15.0. The summed E-state index contributed by atoms with van der Waals surface area (Å²) < 4.78 is 10.9. The van der Waals surface area contributed by atoms with Crippen molar-refractivity contribution in [1.29, 1.82) is 0 Å². The molecule has 0 aromatic carbocycles. The van der Waals surface area contributed by atoms with Crippen LogP contribution in [-0.2, 0) is 9.53 Å². The van der Waals surface area contributed by atoms with Crippen LogP contribution in [-0.4, -0.2) is 34.9 Å². The van der Waals surface area contributed by atoms with E-state index < -0.39 is 0 Å². The molecule has 1 atom stereocenters. The maximum absolute atomic E-state index is 11.9. The Labute approximate surface area is 119 Å². The highest BCUT2D eigenvalue weighted by atomic mass is 16.5. The number of amides is 1. The lowest BCUT2D eigenvalue weighted by molar-refractivity contribution is -0.115. The smallest absolute Gasteiger partial charge is 0.239 e. The van der Waals surface area contributed by atoms with E-state index in [0.717, 1.165) is 6.42 Å². The topological polar surface area (TPSA) is 76.4 Å². The SMILES string of the molecule is Cc1cc(NC(=O)CN[C@@H]2CC(C)(C)OC2(C)C)no1. The van der Waals surface area contributed by atoms with Gasteiger partial charge in [0.05, 0.1) is 17.7 Å². The summed E-state index contributed by atoms with van der Waals surface area (Å²) in [5, 5.41) is 9.67. The molecule has 0 bridgehead atoms. The largest absolute Gasteiger partial charge is 0.368 e. The molecule has 0 aliphatic carbocycles. The summed E-state index contributed by atoms with van der Waals surface area (Å²) in [4.78, 5) is 11.9. The number of anilines is 1. The van der Waals surface area contributed by atoms with Crippen molar-refractivity contribution >= 4 is 11.7 Å². The lowest BCUT2D eigenvalue weighted by Gasteiger charge is -2.27. The summed E-state index contributed by atoms with van der Waals surface area (Å²) in [6, 6.07) is 1.83. The lowest BCUT2D eigenvalue weighted by Crippen LogP contribution is -2.46. The Morgan fingerprint density at radius 1 is 1.45 bits per heavy atom. The van der Waals surface area contributed by atoms with Gasteiger partial charge >= 0.3 is 0 Å². The molecule has 0 saturated carbocycles. The van der Waals surface area contributed by atoms with E-state index >= 15 is 0 Å². The molecule has 112 valence electrons. The van der Waals surface area contributed by atoms with Gasteiger partial charge in [-0.2, -0.15) is 0 Å². The van der Waals surface area contributed by atoms with E-state index in [1.807, 2.05) is 13.8 Å². The molecule has 2 N–H and O–H groups in total. The highest BCUT2D eigenvalue weighted by Gasteiger charge is 2.45. The van der Waals surface area contributed by atoms with Gasteiger partial charge in [0.15, 0.2) is 5.82 Å². The first-order valence-corrected chi connectivity index (χ1v) is 6.85. The van der Waals surface area contributed by atoms with Crippen LogP contribution in [0.3, 0.4) is 0 Å². The van der Waals surface area contributed by atoms with Gasteiger partial charge in [0.1, 0.15) is 5.76 Å². The zero-order chi connectivity index (χ0) is 15.0. The summed E-state index contributed by atoms with van der Waals surface area (Å²) >= 11 is 0. The van der Waals surface area contributed by atoms with E-state index in [9.17, 15) is 4.79 Å². The number of aromatic nitrogens is 1. The fourth-order valence-electron chi connectivity index (χ4n) is 2.71. The molecule has 1 aliphatic rings. The van der Waals surface area contributed by atoms with Crippen LogP contribution in [0.1, 0.15) is 39.9 Å². The molecule has 2 heterocycles. The second kappa shape index (κ2) is 5.18. The molecule has 0 unspecified atom stereocenters. The maximum Gasteiger partial charge on any atom is 0.239 e. The van der Waals surface area contributed by atoms with Crippen LogP contribution in [0.5, 0.6) is 0 Å². The van der Waals surface area contributed by atoms with Crippen LogP contribution in [0.25, 0.3) is 0 Å². The Morgan fingerprint density at radius 2 is 2.15 bits per heavy atom. The molecular weight excluding hydrogens is 258 g/mol. The second-order valence-electron chi connectivity index (χ2n) is 6.47. The zero-order valence-corrected chi connectivity index (χ0v) is 12.7. The lowest BCUT2D eigenvalue weighted by atomic mass is 9.94. The first-order valence-electron chi connectivity index (χ1n) is 6.85. The van der Waals surface area contributed by atoms with E-state index in [4.69, 9.17) is 9.26 Å². The van der Waals surface area contributed by atoms with Crippen molar-refractivity contribution < 1.29 is 14.1 Å². The van der Waals surface area contributed by atoms with Crippen LogP contribution in [0.2, 0.25) is 0 Å². The normalized spacial score (nSPS) is 23.8. The van der Waals surface area contributed by atoms with E-state index in [-0.39, 0.29) is 29.7 Å². The number of carbonyl (C=O) groups is 1. The van der Waals surface area contributed by atoms with Gasteiger partial charge in [-0.05, 0) is 41.0 Å². The minimum absolute atomic E-state index is 0.140. The first-order chi connectivity index (χ1) is 9.18. The van der Waals surface area contributed by atoms with Crippen molar-refractivity contribution in [3.05, 3.63) is 11.8 Å². The Bertz CT molecular complexity index is 494. The second-order valence-corrected chi connectivity index (χ2v) is 6.47. The summed E-state index contributed by atoms with van der Waals surface area (Å²) in [6.07, 6.45) is 0.871.